The number of oxime groups is 1. The number of hydrogen-bond acceptors (Lipinski definition) is 4. The van der Waals surface area contributed by atoms with E-state index < -0.39 is 16.6 Å². The highest BCUT2D eigenvalue weighted by atomic mass is 28.4. The zero-order chi connectivity index (χ0) is 24.0. The van der Waals surface area contributed by atoms with E-state index in [0.717, 1.165) is 29.6 Å². The summed E-state index contributed by atoms with van der Waals surface area (Å²) in [6, 6.07) is 0. The van der Waals surface area contributed by atoms with Gasteiger partial charge in [-0.3, -0.25) is 0 Å². The van der Waals surface area contributed by atoms with Gasteiger partial charge in [-0.25, -0.2) is 0 Å². The number of hydrogen-bond donors (Lipinski definition) is 0. The minimum Gasteiger partial charge on any atom is -0.415 e. The topological polar surface area (TPSA) is 40.0 Å². The zero-order valence-corrected chi connectivity index (χ0v) is 24.8. The van der Waals surface area contributed by atoms with Crippen LogP contribution < -0.4 is 0 Å². The standard InChI is InChI=1S/C27H51NO3Si2/c1-27-16-15-22-21-12-10-20(31-33(6,7)8)17-19(21)9-11-23(22)24(27)13-14-25(27)26(28-29-2)18-30-32(3,4)5/h19-25H,9-18H2,1-8H3/b28-26+/t19-,20-,21?,22?,23?,24?,25-,27+/m1/s1. The van der Waals surface area contributed by atoms with Crippen LogP contribution in [0.4, 0.5) is 0 Å². The van der Waals surface area contributed by atoms with Crippen LogP contribution in [0, 0.1) is 40.9 Å². The molecule has 0 saturated heterocycles. The van der Waals surface area contributed by atoms with E-state index in [0.29, 0.717) is 24.0 Å². The summed E-state index contributed by atoms with van der Waals surface area (Å²) in [7, 11) is -1.32. The quantitative estimate of drug-likeness (QED) is 0.212. The van der Waals surface area contributed by atoms with Crippen LogP contribution in [0.15, 0.2) is 5.16 Å². The van der Waals surface area contributed by atoms with Crippen molar-refractivity contribution >= 4 is 22.3 Å². The first-order chi connectivity index (χ1) is 15.4. The van der Waals surface area contributed by atoms with E-state index in [1.165, 1.54) is 63.5 Å². The Morgan fingerprint density at radius 2 is 1.58 bits per heavy atom. The van der Waals surface area contributed by atoms with Crippen molar-refractivity contribution in [1.29, 1.82) is 0 Å². The van der Waals surface area contributed by atoms with Crippen molar-refractivity contribution in [2.45, 2.75) is 110 Å². The fourth-order valence-corrected chi connectivity index (χ4v) is 10.4. The lowest BCUT2D eigenvalue weighted by Gasteiger charge is -2.56. The molecule has 0 aromatic rings. The molecule has 33 heavy (non-hydrogen) atoms. The Morgan fingerprint density at radius 3 is 2.24 bits per heavy atom. The maximum absolute atomic E-state index is 6.56. The van der Waals surface area contributed by atoms with E-state index in [2.05, 4.69) is 51.4 Å². The molecule has 4 nitrogen and oxygen atoms in total. The molecule has 0 N–H and O–H groups in total. The fourth-order valence-electron chi connectivity index (χ4n) is 8.56. The van der Waals surface area contributed by atoms with Gasteiger partial charge in [0.2, 0.25) is 0 Å². The molecule has 4 aliphatic rings. The van der Waals surface area contributed by atoms with Gasteiger partial charge in [0.25, 0.3) is 0 Å². The summed E-state index contributed by atoms with van der Waals surface area (Å²) in [5, 5.41) is 4.56. The van der Waals surface area contributed by atoms with Crippen LogP contribution in [-0.4, -0.2) is 42.2 Å². The second-order valence-corrected chi connectivity index (χ2v) is 22.9. The molecule has 0 aliphatic heterocycles. The number of nitrogens with zero attached hydrogens (tertiary/aromatic N) is 1. The van der Waals surface area contributed by atoms with Crippen molar-refractivity contribution < 1.29 is 13.7 Å². The molecule has 0 amide bonds. The molecule has 0 aromatic heterocycles. The molecule has 4 saturated carbocycles. The molecule has 0 radical (unpaired) electrons. The first-order valence-corrected chi connectivity index (χ1v) is 20.6. The molecule has 8 atom stereocenters. The second kappa shape index (κ2) is 9.70. The van der Waals surface area contributed by atoms with Gasteiger partial charge in [-0.05, 0) is 132 Å². The van der Waals surface area contributed by atoms with Crippen LogP contribution in [0.2, 0.25) is 39.3 Å². The van der Waals surface area contributed by atoms with Crippen LogP contribution in [0.3, 0.4) is 0 Å². The Labute approximate surface area is 205 Å². The third-order valence-electron chi connectivity index (χ3n) is 9.69. The van der Waals surface area contributed by atoms with Gasteiger partial charge in [0, 0.05) is 12.0 Å². The molecular weight excluding hydrogens is 442 g/mol. The summed E-state index contributed by atoms with van der Waals surface area (Å²) in [4.78, 5) is 5.34. The van der Waals surface area contributed by atoms with E-state index in [1.54, 1.807) is 7.11 Å². The predicted molar refractivity (Wildman–Crippen MR) is 143 cm³/mol. The molecule has 4 fully saturated rings. The average Bonchev–Trinajstić information content (AvgIpc) is 3.06. The van der Waals surface area contributed by atoms with Crippen molar-refractivity contribution in [3.8, 4) is 0 Å². The lowest BCUT2D eigenvalue weighted by molar-refractivity contribution is -0.0701. The van der Waals surface area contributed by atoms with Gasteiger partial charge >= 0.3 is 0 Å². The van der Waals surface area contributed by atoms with Gasteiger partial charge < -0.3 is 13.7 Å². The zero-order valence-electron chi connectivity index (χ0n) is 22.8. The van der Waals surface area contributed by atoms with Gasteiger partial charge in [0.15, 0.2) is 16.6 Å². The summed E-state index contributed by atoms with van der Waals surface area (Å²) < 4.78 is 12.9. The molecule has 0 heterocycles. The lowest BCUT2D eigenvalue weighted by atomic mass is 9.49. The molecule has 0 spiro atoms. The molecule has 4 unspecified atom stereocenters. The molecule has 4 aliphatic carbocycles. The highest BCUT2D eigenvalue weighted by Crippen LogP contribution is 2.64. The molecular formula is C27H51NO3Si2. The first kappa shape index (κ1) is 25.9. The Morgan fingerprint density at radius 1 is 0.848 bits per heavy atom. The maximum Gasteiger partial charge on any atom is 0.184 e. The maximum atomic E-state index is 6.56. The van der Waals surface area contributed by atoms with Crippen molar-refractivity contribution in [3.63, 3.8) is 0 Å². The summed E-state index contributed by atoms with van der Waals surface area (Å²) in [6.45, 7) is 17.1. The molecule has 0 aromatic carbocycles. The Hall–Kier alpha value is -0.176. The summed E-state index contributed by atoms with van der Waals surface area (Å²) in [5.41, 5.74) is 1.55. The third-order valence-corrected chi connectivity index (χ3v) is 11.7. The van der Waals surface area contributed by atoms with Gasteiger partial charge in [-0.1, -0.05) is 12.1 Å². The highest BCUT2D eigenvalue weighted by Gasteiger charge is 2.58. The minimum absolute atomic E-state index is 0.367. The van der Waals surface area contributed by atoms with Crippen molar-refractivity contribution in [1.82, 2.24) is 0 Å². The van der Waals surface area contributed by atoms with E-state index in [1.807, 2.05) is 0 Å². The van der Waals surface area contributed by atoms with Crippen molar-refractivity contribution in [3.05, 3.63) is 0 Å². The summed E-state index contributed by atoms with van der Waals surface area (Å²) in [5.74, 6) is 5.13. The number of fused-ring (bicyclic) bond motifs is 5. The van der Waals surface area contributed by atoms with Gasteiger partial charge in [-0.2, -0.15) is 0 Å². The Kier molecular flexibility index (Phi) is 7.62. The monoisotopic (exact) mass is 493 g/mol. The van der Waals surface area contributed by atoms with Gasteiger partial charge in [0.05, 0.1) is 12.3 Å². The summed E-state index contributed by atoms with van der Waals surface area (Å²) >= 11 is 0. The largest absolute Gasteiger partial charge is 0.415 e. The van der Waals surface area contributed by atoms with E-state index >= 15 is 0 Å². The van der Waals surface area contributed by atoms with E-state index in [9.17, 15) is 0 Å². The lowest BCUT2D eigenvalue weighted by Crippen LogP contribution is -2.50. The van der Waals surface area contributed by atoms with Gasteiger partial charge in [-0.15, -0.1) is 0 Å². The third kappa shape index (κ3) is 5.64. The number of rotatable bonds is 7. The van der Waals surface area contributed by atoms with Crippen molar-refractivity contribution in [2.24, 2.45) is 46.1 Å². The van der Waals surface area contributed by atoms with Gasteiger partial charge in [0.1, 0.15) is 7.11 Å². The van der Waals surface area contributed by atoms with Crippen LogP contribution in [-0.2, 0) is 13.7 Å². The molecule has 4 rings (SSSR count). The SMILES string of the molecule is CO/N=C(\CO[Si](C)(C)C)[C@H]1CCC2C3CC[C@@H]4C[C@H](O[Si](C)(C)C)CCC4C3CC[C@@]21C. The molecule has 6 heteroatoms. The van der Waals surface area contributed by atoms with Crippen molar-refractivity contribution in [2.75, 3.05) is 13.7 Å². The normalized spacial score (nSPS) is 41.8. The molecule has 190 valence electrons. The Balaban J connectivity index is 1.45. The fraction of sp³-hybridized carbons (Fsp3) is 0.963. The first-order valence-electron chi connectivity index (χ1n) is 13.8. The smallest absolute Gasteiger partial charge is 0.184 e. The second-order valence-electron chi connectivity index (χ2n) is 13.9. The van der Waals surface area contributed by atoms with E-state index in [-0.39, 0.29) is 0 Å². The van der Waals surface area contributed by atoms with Crippen LogP contribution in [0.5, 0.6) is 0 Å². The predicted octanol–water partition coefficient (Wildman–Crippen LogP) is 7.33. The summed E-state index contributed by atoms with van der Waals surface area (Å²) in [6.07, 6.45) is 12.9. The van der Waals surface area contributed by atoms with Crippen LogP contribution in [0.1, 0.15) is 64.7 Å². The van der Waals surface area contributed by atoms with Crippen LogP contribution in [0.25, 0.3) is 0 Å². The average molecular weight is 494 g/mol. The highest BCUT2D eigenvalue weighted by molar-refractivity contribution is 6.70. The molecule has 0 bridgehead atoms. The van der Waals surface area contributed by atoms with E-state index in [4.69, 9.17) is 13.7 Å². The Bertz CT molecular complexity index is 715. The minimum atomic E-state index is -1.58. The van der Waals surface area contributed by atoms with Crippen LogP contribution >= 0.6 is 0 Å².